The molecule has 34 heavy (non-hydrogen) atoms. The molecule has 6 aromatic rings. The van der Waals surface area contributed by atoms with Gasteiger partial charge >= 0.3 is 0 Å². The van der Waals surface area contributed by atoms with Crippen LogP contribution in [0.2, 0.25) is 0 Å². The van der Waals surface area contributed by atoms with Crippen molar-refractivity contribution in [1.82, 2.24) is 19.5 Å². The molecule has 0 fully saturated rings. The van der Waals surface area contributed by atoms with E-state index in [4.69, 9.17) is 15.1 Å². The van der Waals surface area contributed by atoms with Crippen molar-refractivity contribution in [3.8, 4) is 5.82 Å². The molecule has 0 saturated carbocycles. The molecule has 1 radical (unpaired) electrons. The topological polar surface area (TPSA) is 82.1 Å². The largest absolute Gasteiger partial charge is 0.512 e. The first kappa shape index (κ1) is 23.4. The molecule has 2 aromatic carbocycles. The molecular formula is C27H21IrN4O2-. The third-order valence-corrected chi connectivity index (χ3v) is 5.40. The van der Waals surface area contributed by atoms with E-state index < -0.39 is 0 Å². The van der Waals surface area contributed by atoms with Crippen molar-refractivity contribution in [2.45, 2.75) is 13.8 Å². The predicted molar refractivity (Wildman–Crippen MR) is 132 cm³/mol. The number of hydrogen-bond acceptors (Lipinski definition) is 4. The van der Waals surface area contributed by atoms with Gasteiger partial charge in [0.2, 0.25) is 0 Å². The van der Waals surface area contributed by atoms with Crippen molar-refractivity contribution in [1.29, 1.82) is 0 Å². The summed E-state index contributed by atoms with van der Waals surface area (Å²) in [5.41, 5.74) is 2.94. The standard InChI is InChI=1S/C22H13N4.C5H8O2.Ir/c1-2-6-16-15(5-1)12-24-22-21(16)17-7-3-4-8-19(17)26(22)20-11-14-9-10-23-13-18(14)25-20;1-4(6)3-5(2)7;/h1-13H;3,6H,1-2H3;/q-1;;/b;4-3-;. The van der Waals surface area contributed by atoms with Crippen LogP contribution in [0.4, 0.5) is 0 Å². The monoisotopic (exact) mass is 626 g/mol. The molecule has 0 aliphatic heterocycles. The molecule has 4 heterocycles. The van der Waals surface area contributed by atoms with Crippen LogP contribution in [0.15, 0.2) is 91.1 Å². The zero-order chi connectivity index (χ0) is 22.9. The average molecular weight is 626 g/mol. The van der Waals surface area contributed by atoms with Crippen LogP contribution in [-0.2, 0) is 24.9 Å². The van der Waals surface area contributed by atoms with Gasteiger partial charge in [-0.05, 0) is 47.1 Å². The Morgan fingerprint density at radius 2 is 1.71 bits per heavy atom. The van der Waals surface area contributed by atoms with Crippen LogP contribution >= 0.6 is 0 Å². The minimum absolute atomic E-state index is 0. The number of pyridine rings is 2. The maximum atomic E-state index is 10.0. The number of aliphatic hydroxyl groups is 1. The number of carbonyl (C=O) groups is 1. The number of allylic oxidation sites excluding steroid dienone is 2. The van der Waals surface area contributed by atoms with Gasteiger partial charge in [-0.2, -0.15) is 0 Å². The molecule has 0 bridgehead atoms. The van der Waals surface area contributed by atoms with E-state index in [1.807, 2.05) is 18.3 Å². The van der Waals surface area contributed by atoms with Crippen molar-refractivity contribution in [2.24, 2.45) is 0 Å². The van der Waals surface area contributed by atoms with Gasteiger partial charge in [-0.25, -0.2) is 0 Å². The minimum atomic E-state index is -0.125. The molecule has 0 amide bonds. The number of ketones is 1. The number of aromatic nitrogens is 4. The third kappa shape index (κ3) is 4.23. The Hall–Kier alpha value is -3.80. The summed E-state index contributed by atoms with van der Waals surface area (Å²) in [5, 5.41) is 14.2. The number of benzene rings is 2. The smallest absolute Gasteiger partial charge is 0.155 e. The van der Waals surface area contributed by atoms with E-state index in [0.717, 1.165) is 33.3 Å². The summed E-state index contributed by atoms with van der Waals surface area (Å²) in [6.45, 7) is 2.85. The number of rotatable bonds is 2. The quantitative estimate of drug-likeness (QED) is 0.192. The van der Waals surface area contributed by atoms with Crippen LogP contribution in [0.3, 0.4) is 0 Å². The van der Waals surface area contributed by atoms with Crippen molar-refractivity contribution in [3.63, 3.8) is 0 Å². The Morgan fingerprint density at radius 3 is 2.41 bits per heavy atom. The molecule has 0 spiro atoms. The van der Waals surface area contributed by atoms with Gasteiger partial charge < -0.3 is 14.7 Å². The minimum Gasteiger partial charge on any atom is -0.512 e. The molecule has 6 nitrogen and oxygen atoms in total. The zero-order valence-corrected chi connectivity index (χ0v) is 21.0. The molecule has 0 aliphatic carbocycles. The van der Waals surface area contributed by atoms with Gasteiger partial charge in [0, 0.05) is 55.5 Å². The first-order valence-electron chi connectivity index (χ1n) is 10.6. The second kappa shape index (κ2) is 9.59. The van der Waals surface area contributed by atoms with E-state index in [-0.39, 0.29) is 31.6 Å². The molecule has 6 rings (SSSR count). The van der Waals surface area contributed by atoms with E-state index in [1.165, 1.54) is 36.1 Å². The van der Waals surface area contributed by atoms with Crippen molar-refractivity contribution in [3.05, 3.63) is 91.1 Å². The molecule has 171 valence electrons. The fraction of sp³-hybridized carbons (Fsp3) is 0.0741. The van der Waals surface area contributed by atoms with Crippen molar-refractivity contribution in [2.75, 3.05) is 0 Å². The van der Waals surface area contributed by atoms with E-state index in [9.17, 15) is 4.79 Å². The fourth-order valence-corrected chi connectivity index (χ4v) is 4.13. The average Bonchev–Trinajstić information content (AvgIpc) is 3.37. The first-order chi connectivity index (χ1) is 16.0. The summed E-state index contributed by atoms with van der Waals surface area (Å²) in [7, 11) is 0. The zero-order valence-electron chi connectivity index (χ0n) is 18.6. The second-order valence-corrected chi connectivity index (χ2v) is 7.84. The summed E-state index contributed by atoms with van der Waals surface area (Å²) in [6.07, 6.45) is 6.71. The van der Waals surface area contributed by atoms with Crippen LogP contribution in [0, 0.1) is 0 Å². The van der Waals surface area contributed by atoms with Crippen LogP contribution in [0.5, 0.6) is 0 Å². The van der Waals surface area contributed by atoms with Gasteiger partial charge in [0.15, 0.2) is 5.78 Å². The van der Waals surface area contributed by atoms with Gasteiger partial charge in [-0.1, -0.05) is 60.4 Å². The fourth-order valence-electron chi connectivity index (χ4n) is 4.13. The predicted octanol–water partition coefficient (Wildman–Crippen LogP) is 5.87. The Labute approximate surface area is 209 Å². The number of carbonyl (C=O) groups excluding carboxylic acids is 1. The van der Waals surface area contributed by atoms with Crippen LogP contribution < -0.4 is 4.98 Å². The van der Waals surface area contributed by atoms with E-state index in [0.29, 0.717) is 0 Å². The van der Waals surface area contributed by atoms with Gasteiger partial charge in [-0.15, -0.1) is 0 Å². The Morgan fingerprint density at radius 1 is 0.971 bits per heavy atom. The van der Waals surface area contributed by atoms with Crippen LogP contribution in [-0.4, -0.2) is 25.4 Å². The van der Waals surface area contributed by atoms with Crippen molar-refractivity contribution < 1.29 is 30.0 Å². The maximum Gasteiger partial charge on any atom is 0.155 e. The summed E-state index contributed by atoms with van der Waals surface area (Å²) < 4.78 is 2.15. The summed E-state index contributed by atoms with van der Waals surface area (Å²) in [5.74, 6) is 0.814. The van der Waals surface area contributed by atoms with Gasteiger partial charge in [0.25, 0.3) is 0 Å². The Kier molecular flexibility index (Phi) is 6.59. The number of aliphatic hydroxyl groups excluding tert-OH is 1. The summed E-state index contributed by atoms with van der Waals surface area (Å²) in [6, 6.07) is 20.9. The molecule has 4 aromatic heterocycles. The molecule has 1 N–H and O–H groups in total. The van der Waals surface area contributed by atoms with Gasteiger partial charge in [0.05, 0.1) is 11.4 Å². The summed E-state index contributed by atoms with van der Waals surface area (Å²) in [4.78, 5) is 23.8. The number of fused-ring (bicyclic) bond motifs is 6. The van der Waals surface area contributed by atoms with Crippen LogP contribution in [0.1, 0.15) is 13.8 Å². The molecule has 0 aliphatic rings. The molecule has 7 heteroatoms. The molecular weight excluding hydrogens is 605 g/mol. The van der Waals surface area contributed by atoms with E-state index >= 15 is 0 Å². The molecule has 0 unspecified atom stereocenters. The van der Waals surface area contributed by atoms with E-state index in [2.05, 4.69) is 58.1 Å². The molecule has 0 saturated heterocycles. The van der Waals surface area contributed by atoms with Gasteiger partial charge in [0.1, 0.15) is 0 Å². The molecule has 0 atom stereocenters. The Balaban J connectivity index is 0.000000303. The number of nitrogens with zero attached hydrogens (tertiary/aromatic N) is 4. The first-order valence-corrected chi connectivity index (χ1v) is 10.6. The second-order valence-electron chi connectivity index (χ2n) is 7.84. The normalized spacial score (nSPS) is 11.4. The Bertz CT molecular complexity index is 1640. The maximum absolute atomic E-state index is 10.0. The third-order valence-electron chi connectivity index (χ3n) is 5.40. The van der Waals surface area contributed by atoms with Gasteiger partial charge in [-0.3, -0.25) is 14.8 Å². The summed E-state index contributed by atoms with van der Waals surface area (Å²) >= 11 is 0. The SMILES string of the molecule is CC(=O)/C=C(/C)O.[Ir].c1ccc2c(c1)cnc1c2c2ccccc2n1-c1cc2ccncc2[n-]1. The number of para-hydroxylation sites is 1. The van der Waals surface area contributed by atoms with Crippen molar-refractivity contribution >= 4 is 49.4 Å². The van der Waals surface area contributed by atoms with E-state index in [1.54, 1.807) is 12.4 Å². The number of hydrogen-bond donors (Lipinski definition) is 1. The van der Waals surface area contributed by atoms with Crippen LogP contribution in [0.25, 0.3) is 49.4 Å².